The number of rotatable bonds is 5. The summed E-state index contributed by atoms with van der Waals surface area (Å²) in [7, 11) is 0. The van der Waals surface area contributed by atoms with Gasteiger partial charge in [-0.05, 0) is 42.8 Å². The van der Waals surface area contributed by atoms with Crippen molar-refractivity contribution in [1.82, 2.24) is 24.7 Å². The van der Waals surface area contributed by atoms with E-state index in [9.17, 15) is 0 Å². The molecule has 21 heavy (non-hydrogen) atoms. The van der Waals surface area contributed by atoms with Crippen LogP contribution in [0.15, 0.2) is 53.0 Å². The molecule has 0 aliphatic heterocycles. The maximum atomic E-state index is 4.71. The van der Waals surface area contributed by atoms with Crippen molar-refractivity contribution in [1.29, 1.82) is 0 Å². The molecule has 3 aromatic heterocycles. The van der Waals surface area contributed by atoms with Gasteiger partial charge in [0.05, 0.1) is 5.69 Å². The van der Waals surface area contributed by atoms with E-state index >= 15 is 0 Å². The van der Waals surface area contributed by atoms with Gasteiger partial charge in [0.15, 0.2) is 5.16 Å². The summed E-state index contributed by atoms with van der Waals surface area (Å²) in [5, 5.41) is 5.27. The number of hydrogen-bond donors (Lipinski definition) is 1. The third kappa shape index (κ3) is 2.77. The summed E-state index contributed by atoms with van der Waals surface area (Å²) in [6.45, 7) is 0.824. The number of aromatic nitrogens is 4. The van der Waals surface area contributed by atoms with E-state index in [1.807, 2.05) is 24.3 Å². The van der Waals surface area contributed by atoms with Crippen LogP contribution in [0.4, 0.5) is 0 Å². The summed E-state index contributed by atoms with van der Waals surface area (Å²) in [5.74, 6) is 0. The highest BCUT2D eigenvalue weighted by Gasteiger charge is 2.22. The predicted octanol–water partition coefficient (Wildman–Crippen LogP) is 2.53. The molecule has 3 heterocycles. The van der Waals surface area contributed by atoms with Gasteiger partial charge in [-0.3, -0.25) is 0 Å². The van der Waals surface area contributed by atoms with E-state index in [1.54, 1.807) is 12.4 Å². The van der Waals surface area contributed by atoms with Crippen molar-refractivity contribution in [3.05, 3.63) is 48.5 Å². The molecule has 106 valence electrons. The SMILES string of the molecule is c1cnc(Sc2nc3ccccn3c2CNC2CC2)nc1. The molecule has 6 heteroatoms. The number of imidazole rings is 1. The number of nitrogens with zero attached hydrogens (tertiary/aromatic N) is 4. The zero-order chi connectivity index (χ0) is 14.1. The lowest BCUT2D eigenvalue weighted by atomic mass is 10.4. The fourth-order valence-corrected chi connectivity index (χ4v) is 3.05. The minimum atomic E-state index is 0.671. The van der Waals surface area contributed by atoms with Crippen LogP contribution in [0.5, 0.6) is 0 Å². The van der Waals surface area contributed by atoms with Gasteiger partial charge in [0.2, 0.25) is 0 Å². The van der Waals surface area contributed by atoms with Crippen LogP contribution < -0.4 is 5.32 Å². The van der Waals surface area contributed by atoms with Crippen LogP contribution in [0.2, 0.25) is 0 Å². The van der Waals surface area contributed by atoms with E-state index < -0.39 is 0 Å². The average molecular weight is 297 g/mol. The number of nitrogens with one attached hydrogen (secondary N) is 1. The second-order valence-electron chi connectivity index (χ2n) is 5.08. The van der Waals surface area contributed by atoms with Crippen LogP contribution in [0, 0.1) is 0 Å². The van der Waals surface area contributed by atoms with Crippen LogP contribution in [-0.4, -0.2) is 25.4 Å². The fraction of sp³-hybridized carbons (Fsp3) is 0.267. The third-order valence-corrected chi connectivity index (χ3v) is 4.37. The highest BCUT2D eigenvalue weighted by molar-refractivity contribution is 7.99. The van der Waals surface area contributed by atoms with Crippen molar-refractivity contribution >= 4 is 17.4 Å². The molecule has 0 unspecified atom stereocenters. The zero-order valence-electron chi connectivity index (χ0n) is 11.4. The van der Waals surface area contributed by atoms with Gasteiger partial charge in [-0.15, -0.1) is 0 Å². The van der Waals surface area contributed by atoms with Gasteiger partial charge in [-0.2, -0.15) is 0 Å². The summed E-state index contributed by atoms with van der Waals surface area (Å²) < 4.78 is 2.14. The number of fused-ring (bicyclic) bond motifs is 1. The molecule has 0 bridgehead atoms. The van der Waals surface area contributed by atoms with Gasteiger partial charge in [0.25, 0.3) is 0 Å². The smallest absolute Gasteiger partial charge is 0.193 e. The van der Waals surface area contributed by atoms with Gasteiger partial charge >= 0.3 is 0 Å². The minimum absolute atomic E-state index is 0.671. The molecular formula is C15H15N5S. The van der Waals surface area contributed by atoms with Crippen LogP contribution in [0.3, 0.4) is 0 Å². The van der Waals surface area contributed by atoms with Crippen molar-refractivity contribution in [3.63, 3.8) is 0 Å². The van der Waals surface area contributed by atoms with Gasteiger partial charge in [0, 0.05) is 31.2 Å². The summed E-state index contributed by atoms with van der Waals surface area (Å²) >= 11 is 1.52. The zero-order valence-corrected chi connectivity index (χ0v) is 12.3. The van der Waals surface area contributed by atoms with E-state index in [4.69, 9.17) is 4.98 Å². The first-order valence-corrected chi connectivity index (χ1v) is 7.86. The standard InChI is InChI=1S/C15H15N5S/c1-2-9-20-12(10-18-11-5-6-11)14(19-13(20)4-1)21-15-16-7-3-8-17-15/h1-4,7-9,11,18H,5-6,10H2. The van der Waals surface area contributed by atoms with Crippen molar-refractivity contribution < 1.29 is 0 Å². The Morgan fingerprint density at radius 2 is 2.05 bits per heavy atom. The van der Waals surface area contributed by atoms with Crippen LogP contribution in [0.25, 0.3) is 5.65 Å². The van der Waals surface area contributed by atoms with Crippen LogP contribution in [-0.2, 0) is 6.54 Å². The monoisotopic (exact) mass is 297 g/mol. The van der Waals surface area contributed by atoms with Crippen molar-refractivity contribution in [3.8, 4) is 0 Å². The van der Waals surface area contributed by atoms with Crippen molar-refractivity contribution in [2.45, 2.75) is 35.6 Å². The Morgan fingerprint density at radius 3 is 2.86 bits per heavy atom. The van der Waals surface area contributed by atoms with E-state index in [0.717, 1.165) is 22.4 Å². The fourth-order valence-electron chi connectivity index (χ4n) is 2.22. The molecule has 1 aliphatic carbocycles. The minimum Gasteiger partial charge on any atom is -0.308 e. The molecule has 1 aliphatic rings. The van der Waals surface area contributed by atoms with E-state index in [0.29, 0.717) is 6.04 Å². The first kappa shape index (κ1) is 12.8. The highest BCUT2D eigenvalue weighted by atomic mass is 32.2. The molecular weight excluding hydrogens is 282 g/mol. The molecule has 0 atom stereocenters. The Hall–Kier alpha value is -1.92. The van der Waals surface area contributed by atoms with E-state index in [1.165, 1.54) is 30.3 Å². The first-order valence-electron chi connectivity index (χ1n) is 7.04. The van der Waals surface area contributed by atoms with E-state index in [2.05, 4.69) is 25.9 Å². The Labute approximate surface area is 126 Å². The lowest BCUT2D eigenvalue weighted by molar-refractivity contribution is 0.660. The van der Waals surface area contributed by atoms with Crippen molar-refractivity contribution in [2.75, 3.05) is 0 Å². The molecule has 4 rings (SSSR count). The quantitative estimate of drug-likeness (QED) is 0.733. The van der Waals surface area contributed by atoms with Crippen LogP contribution in [0.1, 0.15) is 18.5 Å². The molecule has 1 fully saturated rings. The molecule has 5 nitrogen and oxygen atoms in total. The topological polar surface area (TPSA) is 55.1 Å². The van der Waals surface area contributed by atoms with E-state index in [-0.39, 0.29) is 0 Å². The Bertz CT molecular complexity index is 751. The average Bonchev–Trinajstić information content (AvgIpc) is 3.28. The Kier molecular flexibility index (Phi) is 3.33. The Morgan fingerprint density at radius 1 is 1.19 bits per heavy atom. The second-order valence-corrected chi connectivity index (χ2v) is 6.04. The van der Waals surface area contributed by atoms with Crippen molar-refractivity contribution in [2.24, 2.45) is 0 Å². The molecule has 3 aromatic rings. The predicted molar refractivity (Wildman–Crippen MR) is 81.2 cm³/mol. The number of pyridine rings is 1. The lowest BCUT2D eigenvalue weighted by Crippen LogP contribution is -2.17. The summed E-state index contributed by atoms with van der Waals surface area (Å²) in [6.07, 6.45) is 8.13. The van der Waals surface area contributed by atoms with Gasteiger partial charge in [-0.25, -0.2) is 15.0 Å². The summed E-state index contributed by atoms with van der Waals surface area (Å²) in [4.78, 5) is 13.3. The van der Waals surface area contributed by atoms with Gasteiger partial charge < -0.3 is 9.72 Å². The number of hydrogen-bond acceptors (Lipinski definition) is 5. The molecule has 1 N–H and O–H groups in total. The normalized spacial score (nSPS) is 14.7. The molecule has 0 amide bonds. The lowest BCUT2D eigenvalue weighted by Gasteiger charge is -2.05. The second kappa shape index (κ2) is 5.46. The van der Waals surface area contributed by atoms with Gasteiger partial charge in [-0.1, -0.05) is 6.07 Å². The third-order valence-electron chi connectivity index (χ3n) is 3.46. The molecule has 0 saturated heterocycles. The van der Waals surface area contributed by atoms with Crippen LogP contribution >= 0.6 is 11.8 Å². The Balaban J connectivity index is 1.69. The maximum Gasteiger partial charge on any atom is 0.193 e. The summed E-state index contributed by atoms with van der Waals surface area (Å²) in [5.41, 5.74) is 2.14. The first-order chi connectivity index (χ1) is 10.4. The van der Waals surface area contributed by atoms with Gasteiger partial charge in [0.1, 0.15) is 10.7 Å². The maximum absolute atomic E-state index is 4.71. The summed E-state index contributed by atoms with van der Waals surface area (Å²) in [6, 6.07) is 8.56. The molecule has 0 aromatic carbocycles. The highest BCUT2D eigenvalue weighted by Crippen LogP contribution is 2.29. The largest absolute Gasteiger partial charge is 0.308 e. The molecule has 0 radical (unpaired) electrons. The molecule has 1 saturated carbocycles. The molecule has 0 spiro atoms.